The van der Waals surface area contributed by atoms with Gasteiger partial charge >= 0.3 is 0 Å². The average Bonchev–Trinajstić information content (AvgIpc) is 2.93. The van der Waals surface area contributed by atoms with Crippen molar-refractivity contribution < 1.29 is 5.11 Å². The highest BCUT2D eigenvalue weighted by Crippen LogP contribution is 2.29. The molecule has 0 spiro atoms. The van der Waals surface area contributed by atoms with Crippen molar-refractivity contribution in [2.75, 3.05) is 24.6 Å². The normalized spacial score (nSPS) is 22.6. The van der Waals surface area contributed by atoms with Gasteiger partial charge in [-0.3, -0.25) is 0 Å². The van der Waals surface area contributed by atoms with E-state index < -0.39 is 0 Å². The monoisotopic (exact) mass is 261 g/mol. The van der Waals surface area contributed by atoms with Crippen molar-refractivity contribution in [2.45, 2.75) is 38.6 Å². The van der Waals surface area contributed by atoms with Crippen molar-refractivity contribution in [1.29, 1.82) is 0 Å². The van der Waals surface area contributed by atoms with E-state index in [2.05, 4.69) is 11.0 Å². The second-order valence-electron chi connectivity index (χ2n) is 5.77. The number of nitrogens with two attached hydrogens (primary N) is 1. The van der Waals surface area contributed by atoms with E-state index >= 15 is 0 Å². The molecule has 3 rings (SSSR count). The van der Waals surface area contributed by atoms with Gasteiger partial charge in [-0.2, -0.15) is 0 Å². The standard InChI is InChI=1S/C15H23N3O/c16-8-13-7-12-4-1-5-14(12)17-15(13)18-6-2-3-11(9-18)10-19/h7,11,19H,1-6,8-10,16H2. The average molecular weight is 261 g/mol. The Labute approximate surface area is 114 Å². The van der Waals surface area contributed by atoms with E-state index in [1.54, 1.807) is 0 Å². The number of aryl methyl sites for hydroxylation is 2. The molecular formula is C15H23N3O. The topological polar surface area (TPSA) is 62.4 Å². The van der Waals surface area contributed by atoms with Gasteiger partial charge in [0.05, 0.1) is 0 Å². The molecule has 2 aliphatic rings. The van der Waals surface area contributed by atoms with Crippen LogP contribution < -0.4 is 10.6 Å². The van der Waals surface area contributed by atoms with Gasteiger partial charge in [-0.15, -0.1) is 0 Å². The van der Waals surface area contributed by atoms with Crippen LogP contribution in [0.4, 0.5) is 5.82 Å². The number of anilines is 1. The number of aliphatic hydroxyl groups is 1. The Hall–Kier alpha value is -1.13. The van der Waals surface area contributed by atoms with Crippen molar-refractivity contribution in [1.82, 2.24) is 4.98 Å². The second kappa shape index (κ2) is 5.47. The number of pyridine rings is 1. The predicted molar refractivity (Wildman–Crippen MR) is 76.2 cm³/mol. The van der Waals surface area contributed by atoms with Gasteiger partial charge in [-0.05, 0) is 49.7 Å². The quantitative estimate of drug-likeness (QED) is 0.859. The number of fused-ring (bicyclic) bond motifs is 1. The van der Waals surface area contributed by atoms with Gasteiger partial charge in [0.1, 0.15) is 5.82 Å². The number of aromatic nitrogens is 1. The molecule has 19 heavy (non-hydrogen) atoms. The molecule has 104 valence electrons. The molecular weight excluding hydrogens is 238 g/mol. The van der Waals surface area contributed by atoms with Crippen molar-refractivity contribution >= 4 is 5.82 Å². The zero-order valence-corrected chi connectivity index (χ0v) is 11.4. The van der Waals surface area contributed by atoms with E-state index in [-0.39, 0.29) is 6.61 Å². The Bertz CT molecular complexity index is 461. The number of nitrogens with zero attached hydrogens (tertiary/aromatic N) is 2. The van der Waals surface area contributed by atoms with Gasteiger partial charge in [-0.25, -0.2) is 4.98 Å². The van der Waals surface area contributed by atoms with E-state index in [1.807, 2.05) is 0 Å². The Balaban J connectivity index is 1.90. The third-order valence-electron chi connectivity index (χ3n) is 4.40. The molecule has 0 radical (unpaired) electrons. The van der Waals surface area contributed by atoms with Gasteiger partial charge in [0, 0.05) is 37.5 Å². The molecule has 4 heteroatoms. The number of rotatable bonds is 3. The first-order chi connectivity index (χ1) is 9.31. The number of hydrogen-bond donors (Lipinski definition) is 2. The van der Waals surface area contributed by atoms with Crippen molar-refractivity contribution in [3.63, 3.8) is 0 Å². The smallest absolute Gasteiger partial charge is 0.133 e. The van der Waals surface area contributed by atoms with E-state index in [0.29, 0.717) is 12.5 Å². The Morgan fingerprint density at radius 2 is 2.26 bits per heavy atom. The maximum absolute atomic E-state index is 9.37. The third kappa shape index (κ3) is 2.47. The number of aliphatic hydroxyl groups excluding tert-OH is 1. The van der Waals surface area contributed by atoms with E-state index in [0.717, 1.165) is 44.6 Å². The first-order valence-electron chi connectivity index (χ1n) is 7.39. The maximum Gasteiger partial charge on any atom is 0.133 e. The summed E-state index contributed by atoms with van der Waals surface area (Å²) in [6.45, 7) is 2.78. The molecule has 0 amide bonds. The van der Waals surface area contributed by atoms with Crippen LogP contribution >= 0.6 is 0 Å². The van der Waals surface area contributed by atoms with Gasteiger partial charge in [0.25, 0.3) is 0 Å². The van der Waals surface area contributed by atoms with Crippen LogP contribution in [0.25, 0.3) is 0 Å². The summed E-state index contributed by atoms with van der Waals surface area (Å²) in [5.41, 5.74) is 9.72. The molecule has 1 aliphatic carbocycles. The van der Waals surface area contributed by atoms with Crippen LogP contribution in [0.5, 0.6) is 0 Å². The van der Waals surface area contributed by atoms with Crippen molar-refractivity contribution in [3.8, 4) is 0 Å². The largest absolute Gasteiger partial charge is 0.396 e. The molecule has 2 heterocycles. The SMILES string of the molecule is NCc1cc2c(nc1N1CCCC(CO)C1)CCC2. The second-order valence-corrected chi connectivity index (χ2v) is 5.77. The lowest BCUT2D eigenvalue weighted by Crippen LogP contribution is -2.38. The fourth-order valence-corrected chi connectivity index (χ4v) is 3.34. The highest BCUT2D eigenvalue weighted by Gasteiger charge is 2.24. The molecule has 1 aromatic rings. The van der Waals surface area contributed by atoms with E-state index in [9.17, 15) is 5.11 Å². The molecule has 0 bridgehead atoms. The molecule has 1 saturated heterocycles. The predicted octanol–water partition coefficient (Wildman–Crippen LogP) is 1.24. The fraction of sp³-hybridized carbons (Fsp3) is 0.667. The Morgan fingerprint density at radius 3 is 3.05 bits per heavy atom. The summed E-state index contributed by atoms with van der Waals surface area (Å²) in [4.78, 5) is 7.21. The summed E-state index contributed by atoms with van der Waals surface area (Å²) in [5.74, 6) is 1.45. The molecule has 0 saturated carbocycles. The van der Waals surface area contributed by atoms with Crippen LogP contribution in [0.15, 0.2) is 6.07 Å². The van der Waals surface area contributed by atoms with Crippen LogP contribution in [-0.4, -0.2) is 29.8 Å². The summed E-state index contributed by atoms with van der Waals surface area (Å²) >= 11 is 0. The summed E-state index contributed by atoms with van der Waals surface area (Å²) in [5, 5.41) is 9.37. The minimum absolute atomic E-state index is 0.277. The fourth-order valence-electron chi connectivity index (χ4n) is 3.34. The van der Waals surface area contributed by atoms with Crippen LogP contribution in [0, 0.1) is 5.92 Å². The van der Waals surface area contributed by atoms with Gasteiger partial charge in [0.15, 0.2) is 0 Å². The number of piperidine rings is 1. The summed E-state index contributed by atoms with van der Waals surface area (Å²) in [7, 11) is 0. The molecule has 1 fully saturated rings. The summed E-state index contributed by atoms with van der Waals surface area (Å²) in [6, 6.07) is 2.26. The Kier molecular flexibility index (Phi) is 3.71. The molecule has 1 unspecified atom stereocenters. The third-order valence-corrected chi connectivity index (χ3v) is 4.40. The van der Waals surface area contributed by atoms with Crippen molar-refractivity contribution in [2.24, 2.45) is 11.7 Å². The molecule has 4 nitrogen and oxygen atoms in total. The summed E-state index contributed by atoms with van der Waals surface area (Å²) < 4.78 is 0. The summed E-state index contributed by atoms with van der Waals surface area (Å²) in [6.07, 6.45) is 5.72. The highest BCUT2D eigenvalue weighted by atomic mass is 16.3. The van der Waals surface area contributed by atoms with Crippen LogP contribution in [-0.2, 0) is 19.4 Å². The first-order valence-corrected chi connectivity index (χ1v) is 7.39. The lowest BCUT2D eigenvalue weighted by Gasteiger charge is -2.34. The molecule has 1 aliphatic heterocycles. The molecule has 1 aromatic heterocycles. The Morgan fingerprint density at radius 1 is 1.37 bits per heavy atom. The van der Waals surface area contributed by atoms with E-state index in [1.165, 1.54) is 23.2 Å². The maximum atomic E-state index is 9.37. The minimum Gasteiger partial charge on any atom is -0.396 e. The van der Waals surface area contributed by atoms with E-state index in [4.69, 9.17) is 10.7 Å². The van der Waals surface area contributed by atoms with Crippen LogP contribution in [0.1, 0.15) is 36.1 Å². The number of hydrogen-bond acceptors (Lipinski definition) is 4. The minimum atomic E-state index is 0.277. The van der Waals surface area contributed by atoms with Gasteiger partial charge in [-0.1, -0.05) is 0 Å². The first kappa shape index (κ1) is 12.9. The van der Waals surface area contributed by atoms with Crippen molar-refractivity contribution in [3.05, 3.63) is 22.9 Å². The zero-order valence-electron chi connectivity index (χ0n) is 11.4. The highest BCUT2D eigenvalue weighted by molar-refractivity contribution is 5.51. The molecule has 0 aromatic carbocycles. The van der Waals surface area contributed by atoms with Crippen LogP contribution in [0.3, 0.4) is 0 Å². The van der Waals surface area contributed by atoms with Crippen LogP contribution in [0.2, 0.25) is 0 Å². The lowest BCUT2D eigenvalue weighted by atomic mass is 9.98. The van der Waals surface area contributed by atoms with Gasteiger partial charge < -0.3 is 15.7 Å². The molecule has 3 N–H and O–H groups in total. The molecule has 1 atom stereocenters. The van der Waals surface area contributed by atoms with Gasteiger partial charge in [0.2, 0.25) is 0 Å². The zero-order chi connectivity index (χ0) is 13.2. The lowest BCUT2D eigenvalue weighted by molar-refractivity contribution is 0.208.